The van der Waals surface area contributed by atoms with Crippen LogP contribution >= 0.6 is 11.3 Å². The standard InChI is InChI=1S/C16H24N4O4S2/c21-14(18-16(22)17-13-4-1-2-5-13)12-19-7-9-20(10-8-19)26(23,24)15-6-3-11-25-15/h3,6,11,13H,1-2,4-5,7-10,12H2,(H2,17,18,21,22). The van der Waals surface area contributed by atoms with E-state index in [1.807, 2.05) is 4.90 Å². The average molecular weight is 401 g/mol. The zero-order valence-electron chi connectivity index (χ0n) is 14.5. The normalized spacial score (nSPS) is 20.2. The molecule has 2 fully saturated rings. The van der Waals surface area contributed by atoms with E-state index in [0.29, 0.717) is 30.4 Å². The van der Waals surface area contributed by atoms with Crippen LogP contribution in [-0.4, -0.2) is 68.3 Å². The number of amides is 3. The largest absolute Gasteiger partial charge is 0.335 e. The van der Waals surface area contributed by atoms with Crippen LogP contribution in [0.15, 0.2) is 21.7 Å². The summed E-state index contributed by atoms with van der Waals surface area (Å²) in [5.41, 5.74) is 0. The Morgan fingerprint density at radius 2 is 1.85 bits per heavy atom. The number of piperazine rings is 1. The number of nitrogens with zero attached hydrogens (tertiary/aromatic N) is 2. The van der Waals surface area contributed by atoms with Crippen LogP contribution in [0.2, 0.25) is 0 Å². The Kier molecular flexibility index (Phi) is 6.28. The minimum Gasteiger partial charge on any atom is -0.335 e. The fraction of sp³-hybridized carbons (Fsp3) is 0.625. The van der Waals surface area contributed by atoms with Gasteiger partial charge in [0.2, 0.25) is 5.91 Å². The molecule has 1 saturated carbocycles. The highest BCUT2D eigenvalue weighted by atomic mass is 32.2. The van der Waals surface area contributed by atoms with Crippen molar-refractivity contribution in [2.45, 2.75) is 35.9 Å². The topological polar surface area (TPSA) is 98.8 Å². The van der Waals surface area contributed by atoms with E-state index in [2.05, 4.69) is 10.6 Å². The number of carbonyl (C=O) groups excluding carboxylic acids is 2. The highest BCUT2D eigenvalue weighted by Gasteiger charge is 2.30. The fourth-order valence-corrected chi connectivity index (χ4v) is 5.89. The summed E-state index contributed by atoms with van der Waals surface area (Å²) in [4.78, 5) is 25.7. The van der Waals surface area contributed by atoms with E-state index in [9.17, 15) is 18.0 Å². The van der Waals surface area contributed by atoms with Gasteiger partial charge < -0.3 is 5.32 Å². The summed E-state index contributed by atoms with van der Waals surface area (Å²) in [7, 11) is -3.44. The van der Waals surface area contributed by atoms with Gasteiger partial charge in [0.15, 0.2) is 0 Å². The van der Waals surface area contributed by atoms with Crippen LogP contribution in [0.5, 0.6) is 0 Å². The van der Waals surface area contributed by atoms with Crippen LogP contribution < -0.4 is 10.6 Å². The third kappa shape index (κ3) is 4.81. The zero-order valence-corrected chi connectivity index (χ0v) is 16.2. The van der Waals surface area contributed by atoms with Crippen LogP contribution in [-0.2, 0) is 14.8 Å². The van der Waals surface area contributed by atoms with Crippen molar-refractivity contribution in [1.82, 2.24) is 19.8 Å². The van der Waals surface area contributed by atoms with Gasteiger partial charge in [-0.2, -0.15) is 4.31 Å². The highest BCUT2D eigenvalue weighted by Crippen LogP contribution is 2.22. The molecule has 0 unspecified atom stereocenters. The van der Waals surface area contributed by atoms with Crippen LogP contribution in [0.25, 0.3) is 0 Å². The van der Waals surface area contributed by atoms with Gasteiger partial charge in [-0.05, 0) is 24.3 Å². The van der Waals surface area contributed by atoms with Gasteiger partial charge in [0.05, 0.1) is 6.54 Å². The van der Waals surface area contributed by atoms with Gasteiger partial charge in [-0.1, -0.05) is 18.9 Å². The van der Waals surface area contributed by atoms with E-state index in [-0.39, 0.29) is 18.5 Å². The van der Waals surface area contributed by atoms with Gasteiger partial charge in [0.1, 0.15) is 4.21 Å². The van der Waals surface area contributed by atoms with Crippen molar-refractivity contribution in [3.8, 4) is 0 Å². The fourth-order valence-electron chi connectivity index (χ4n) is 3.33. The third-order valence-electron chi connectivity index (χ3n) is 4.73. The summed E-state index contributed by atoms with van der Waals surface area (Å²) < 4.78 is 26.7. The first kappa shape index (κ1) is 19.3. The lowest BCUT2D eigenvalue weighted by Crippen LogP contribution is -2.52. The maximum atomic E-state index is 12.5. The molecule has 2 aliphatic rings. The van der Waals surface area contributed by atoms with E-state index < -0.39 is 16.1 Å². The Balaban J connectivity index is 1.42. The second-order valence-electron chi connectivity index (χ2n) is 6.62. The van der Waals surface area contributed by atoms with E-state index in [1.54, 1.807) is 17.5 Å². The Labute approximate surface area is 157 Å². The van der Waals surface area contributed by atoms with Gasteiger partial charge in [0.25, 0.3) is 10.0 Å². The molecular weight excluding hydrogens is 376 g/mol. The molecule has 1 aliphatic heterocycles. The van der Waals surface area contributed by atoms with Crippen LogP contribution in [0.1, 0.15) is 25.7 Å². The lowest BCUT2D eigenvalue weighted by Gasteiger charge is -2.33. The monoisotopic (exact) mass is 400 g/mol. The van der Waals surface area contributed by atoms with Crippen molar-refractivity contribution in [2.75, 3.05) is 32.7 Å². The molecular formula is C16H24N4O4S2. The summed E-state index contributed by atoms with van der Waals surface area (Å²) in [6.07, 6.45) is 4.14. The molecule has 1 aliphatic carbocycles. The Bertz CT molecular complexity index is 721. The summed E-state index contributed by atoms with van der Waals surface area (Å²) >= 11 is 1.20. The molecule has 1 aromatic heterocycles. The van der Waals surface area contributed by atoms with Gasteiger partial charge in [0, 0.05) is 32.2 Å². The number of sulfonamides is 1. The third-order valence-corrected chi connectivity index (χ3v) is 8.00. The van der Waals surface area contributed by atoms with Crippen molar-refractivity contribution in [3.05, 3.63) is 17.5 Å². The van der Waals surface area contributed by atoms with Gasteiger partial charge in [-0.25, -0.2) is 13.2 Å². The van der Waals surface area contributed by atoms with Crippen LogP contribution in [0.3, 0.4) is 0 Å². The summed E-state index contributed by atoms with van der Waals surface area (Å²) in [5, 5.41) is 6.91. The molecule has 144 valence electrons. The lowest BCUT2D eigenvalue weighted by atomic mass is 10.2. The summed E-state index contributed by atoms with van der Waals surface area (Å²) in [6.45, 7) is 1.68. The van der Waals surface area contributed by atoms with Crippen LogP contribution in [0, 0.1) is 0 Å². The lowest BCUT2D eigenvalue weighted by molar-refractivity contribution is -0.121. The van der Waals surface area contributed by atoms with Gasteiger partial charge in [-0.15, -0.1) is 11.3 Å². The first-order valence-corrected chi connectivity index (χ1v) is 11.1. The molecule has 2 heterocycles. The van der Waals surface area contributed by atoms with Crippen LogP contribution in [0.4, 0.5) is 4.79 Å². The molecule has 3 rings (SSSR count). The molecule has 0 aromatic carbocycles. The van der Waals surface area contributed by atoms with Crippen molar-refractivity contribution in [2.24, 2.45) is 0 Å². The maximum Gasteiger partial charge on any atom is 0.321 e. The zero-order chi connectivity index (χ0) is 18.6. The van der Waals surface area contributed by atoms with Crippen molar-refractivity contribution < 1.29 is 18.0 Å². The molecule has 0 atom stereocenters. The van der Waals surface area contributed by atoms with Gasteiger partial charge >= 0.3 is 6.03 Å². The number of rotatable bonds is 5. The summed E-state index contributed by atoms with van der Waals surface area (Å²) in [6, 6.07) is 3.03. The molecule has 8 nitrogen and oxygen atoms in total. The minimum atomic E-state index is -3.44. The number of carbonyl (C=O) groups is 2. The number of imide groups is 1. The SMILES string of the molecule is O=C(CN1CCN(S(=O)(=O)c2cccs2)CC1)NC(=O)NC1CCCC1. The number of urea groups is 1. The van der Waals surface area contributed by atoms with Gasteiger partial charge in [-0.3, -0.25) is 15.0 Å². The van der Waals surface area contributed by atoms with E-state index in [0.717, 1.165) is 25.7 Å². The Morgan fingerprint density at radius 3 is 2.46 bits per heavy atom. The summed E-state index contributed by atoms with van der Waals surface area (Å²) in [5.74, 6) is -0.366. The van der Waals surface area contributed by atoms with Crippen molar-refractivity contribution in [1.29, 1.82) is 0 Å². The second kappa shape index (κ2) is 8.47. The van der Waals surface area contributed by atoms with E-state index in [4.69, 9.17) is 0 Å². The Hall–Kier alpha value is -1.49. The highest BCUT2D eigenvalue weighted by molar-refractivity contribution is 7.91. The molecule has 0 spiro atoms. The first-order valence-electron chi connectivity index (χ1n) is 8.81. The minimum absolute atomic E-state index is 0.0883. The predicted molar refractivity (Wildman–Crippen MR) is 98.4 cm³/mol. The number of nitrogens with one attached hydrogen (secondary N) is 2. The first-order chi connectivity index (χ1) is 12.4. The molecule has 10 heteroatoms. The molecule has 1 aromatic rings. The quantitative estimate of drug-likeness (QED) is 0.763. The molecule has 0 bridgehead atoms. The maximum absolute atomic E-state index is 12.5. The smallest absolute Gasteiger partial charge is 0.321 e. The number of hydrogen-bond donors (Lipinski definition) is 2. The second-order valence-corrected chi connectivity index (χ2v) is 9.73. The molecule has 0 radical (unpaired) electrons. The van der Waals surface area contributed by atoms with E-state index >= 15 is 0 Å². The number of thiophene rings is 1. The Morgan fingerprint density at radius 1 is 1.15 bits per heavy atom. The van der Waals surface area contributed by atoms with Crippen molar-refractivity contribution in [3.63, 3.8) is 0 Å². The molecule has 3 amide bonds. The number of hydrogen-bond acceptors (Lipinski definition) is 6. The van der Waals surface area contributed by atoms with E-state index in [1.165, 1.54) is 15.6 Å². The average Bonchev–Trinajstić information content (AvgIpc) is 3.29. The molecule has 2 N–H and O–H groups in total. The molecule has 26 heavy (non-hydrogen) atoms. The predicted octanol–water partition coefficient (Wildman–Crippen LogP) is 0.823. The molecule has 1 saturated heterocycles. The van der Waals surface area contributed by atoms with Crippen molar-refractivity contribution >= 4 is 33.3 Å².